The van der Waals surface area contributed by atoms with E-state index in [2.05, 4.69) is 32.9 Å². The highest BCUT2D eigenvalue weighted by Gasteiger charge is 2.14. The molecule has 8 nitrogen and oxygen atoms in total. The van der Waals surface area contributed by atoms with Crippen molar-refractivity contribution in [2.45, 2.75) is 4.34 Å². The fourth-order valence-corrected chi connectivity index (χ4v) is 3.44. The fraction of sp³-hybridized carbons (Fsp3) is 0.200. The zero-order valence-corrected chi connectivity index (χ0v) is 16.1. The molecule has 0 aliphatic carbocycles. The smallest absolute Gasteiger partial charge is 0.273 e. The number of ether oxygens (including phenoxy) is 1. The number of thioether (sulfide) groups is 1. The quantitative estimate of drug-likeness (QED) is 0.346. The van der Waals surface area contributed by atoms with Crippen molar-refractivity contribution in [2.75, 3.05) is 24.7 Å². The molecule has 0 atom stereocenters. The minimum atomic E-state index is -0.533. The molecule has 0 spiro atoms. The Kier molecular flexibility index (Phi) is 7.70. The van der Waals surface area contributed by atoms with Crippen LogP contribution in [-0.4, -0.2) is 41.4 Å². The lowest BCUT2D eigenvalue weighted by molar-refractivity contribution is -0.119. The number of rotatable bonds is 8. The number of amides is 2. The van der Waals surface area contributed by atoms with E-state index in [4.69, 9.17) is 16.3 Å². The Morgan fingerprint density at radius 1 is 1.38 bits per heavy atom. The second-order valence-corrected chi connectivity index (χ2v) is 7.31. The summed E-state index contributed by atoms with van der Waals surface area (Å²) in [6.07, 6.45) is 1.71. The first-order valence-electron chi connectivity index (χ1n) is 7.27. The van der Waals surface area contributed by atoms with E-state index in [1.54, 1.807) is 18.2 Å². The molecule has 2 amide bonds. The molecule has 1 aromatic carbocycles. The number of methoxy groups -OCH3 is 1. The highest BCUT2D eigenvalue weighted by molar-refractivity contribution is 8.01. The van der Waals surface area contributed by atoms with Crippen molar-refractivity contribution < 1.29 is 14.3 Å². The summed E-state index contributed by atoms with van der Waals surface area (Å²) < 4.78 is 5.74. The minimum absolute atomic E-state index is 0.0725. The maximum absolute atomic E-state index is 12.2. The SMILES string of the molecule is C=CCNc1nnc(SCC(=O)NNC(=O)c2cc(Cl)ccc2OC)s1. The number of aromatic nitrogens is 2. The Hall–Kier alpha value is -2.30. The van der Waals surface area contributed by atoms with Gasteiger partial charge in [0.25, 0.3) is 5.91 Å². The first-order valence-corrected chi connectivity index (χ1v) is 9.45. The van der Waals surface area contributed by atoms with Crippen molar-refractivity contribution in [1.29, 1.82) is 0 Å². The largest absolute Gasteiger partial charge is 0.496 e. The lowest BCUT2D eigenvalue weighted by atomic mass is 10.2. The van der Waals surface area contributed by atoms with Gasteiger partial charge in [0, 0.05) is 11.6 Å². The van der Waals surface area contributed by atoms with Crippen LogP contribution in [0.2, 0.25) is 5.02 Å². The molecule has 0 aliphatic heterocycles. The molecule has 2 aromatic rings. The van der Waals surface area contributed by atoms with Crippen molar-refractivity contribution in [2.24, 2.45) is 0 Å². The molecule has 0 saturated heterocycles. The van der Waals surface area contributed by atoms with Gasteiger partial charge in [0.05, 0.1) is 18.4 Å². The van der Waals surface area contributed by atoms with Crippen molar-refractivity contribution in [3.63, 3.8) is 0 Å². The first kappa shape index (κ1) is 20.0. The number of benzene rings is 1. The summed E-state index contributed by atoms with van der Waals surface area (Å²) in [4.78, 5) is 24.0. The highest BCUT2D eigenvalue weighted by Crippen LogP contribution is 2.25. The van der Waals surface area contributed by atoms with Crippen LogP contribution in [0, 0.1) is 0 Å². The van der Waals surface area contributed by atoms with E-state index in [-0.39, 0.29) is 17.2 Å². The Bertz CT molecular complexity index is 799. The van der Waals surface area contributed by atoms with Crippen LogP contribution in [0.1, 0.15) is 10.4 Å². The highest BCUT2D eigenvalue weighted by atomic mass is 35.5. The molecule has 3 N–H and O–H groups in total. The maximum atomic E-state index is 12.2. The van der Waals surface area contributed by atoms with Gasteiger partial charge in [-0.1, -0.05) is 40.8 Å². The lowest BCUT2D eigenvalue weighted by Gasteiger charge is -2.10. The standard InChI is InChI=1S/C15H16ClN5O3S2/c1-3-6-17-14-20-21-15(26-14)25-8-12(22)18-19-13(23)10-7-9(16)4-5-11(10)24-2/h3-5,7H,1,6,8H2,2H3,(H,17,20)(H,18,22)(H,19,23). The van der Waals surface area contributed by atoms with E-state index < -0.39 is 5.91 Å². The number of hydrogen-bond acceptors (Lipinski definition) is 8. The van der Waals surface area contributed by atoms with Crippen LogP contribution in [0.3, 0.4) is 0 Å². The van der Waals surface area contributed by atoms with Crippen molar-refractivity contribution in [1.82, 2.24) is 21.0 Å². The normalized spacial score (nSPS) is 10.1. The second-order valence-electron chi connectivity index (χ2n) is 4.68. The van der Waals surface area contributed by atoms with Gasteiger partial charge in [-0.2, -0.15) is 0 Å². The third kappa shape index (κ3) is 5.90. The minimum Gasteiger partial charge on any atom is -0.496 e. The van der Waals surface area contributed by atoms with Crippen LogP contribution in [0.15, 0.2) is 35.2 Å². The summed E-state index contributed by atoms with van der Waals surface area (Å²) in [5.74, 6) is -0.498. The average molecular weight is 414 g/mol. The van der Waals surface area contributed by atoms with E-state index >= 15 is 0 Å². The van der Waals surface area contributed by atoms with Gasteiger partial charge in [-0.25, -0.2) is 0 Å². The predicted molar refractivity (Wildman–Crippen MR) is 103 cm³/mol. The van der Waals surface area contributed by atoms with Crippen LogP contribution in [0.5, 0.6) is 5.75 Å². The van der Waals surface area contributed by atoms with Gasteiger partial charge in [-0.05, 0) is 18.2 Å². The van der Waals surface area contributed by atoms with Crippen molar-refractivity contribution in [3.8, 4) is 5.75 Å². The molecule has 11 heteroatoms. The maximum Gasteiger partial charge on any atom is 0.273 e. The number of carbonyl (C=O) groups is 2. The Morgan fingerprint density at radius 2 is 2.19 bits per heavy atom. The number of anilines is 1. The van der Waals surface area contributed by atoms with E-state index in [0.717, 1.165) is 0 Å². The van der Waals surface area contributed by atoms with E-state index in [1.165, 1.54) is 36.3 Å². The molecule has 26 heavy (non-hydrogen) atoms. The first-order chi connectivity index (χ1) is 12.5. The van der Waals surface area contributed by atoms with Crippen LogP contribution < -0.4 is 20.9 Å². The number of nitrogens with one attached hydrogen (secondary N) is 3. The molecule has 0 unspecified atom stereocenters. The number of nitrogens with zero attached hydrogens (tertiary/aromatic N) is 2. The summed E-state index contributed by atoms with van der Waals surface area (Å²) in [5.41, 5.74) is 4.87. The van der Waals surface area contributed by atoms with Crippen LogP contribution in [0.25, 0.3) is 0 Å². The number of hydrogen-bond donors (Lipinski definition) is 3. The Balaban J connectivity index is 1.81. The van der Waals surface area contributed by atoms with Gasteiger partial charge in [-0.3, -0.25) is 20.4 Å². The van der Waals surface area contributed by atoms with Gasteiger partial charge >= 0.3 is 0 Å². The lowest BCUT2D eigenvalue weighted by Crippen LogP contribution is -2.42. The molecule has 2 rings (SSSR count). The van der Waals surface area contributed by atoms with Crippen molar-refractivity contribution >= 4 is 51.6 Å². The monoisotopic (exact) mass is 413 g/mol. The third-order valence-electron chi connectivity index (χ3n) is 2.85. The zero-order chi connectivity index (χ0) is 18.9. The number of halogens is 1. The van der Waals surface area contributed by atoms with Gasteiger partial charge in [0.1, 0.15) is 5.75 Å². The van der Waals surface area contributed by atoms with Gasteiger partial charge in [-0.15, -0.1) is 16.8 Å². The van der Waals surface area contributed by atoms with Gasteiger partial charge in [0.15, 0.2) is 4.34 Å². The van der Waals surface area contributed by atoms with E-state index in [9.17, 15) is 9.59 Å². The molecular weight excluding hydrogens is 398 g/mol. The molecule has 0 saturated carbocycles. The summed E-state index contributed by atoms with van der Waals surface area (Å²) >= 11 is 8.42. The van der Waals surface area contributed by atoms with Crippen molar-refractivity contribution in [3.05, 3.63) is 41.4 Å². The molecular formula is C15H16ClN5O3S2. The molecule has 138 valence electrons. The summed E-state index contributed by atoms with van der Waals surface area (Å²) in [6, 6.07) is 4.63. The van der Waals surface area contributed by atoms with Gasteiger partial charge in [0.2, 0.25) is 11.0 Å². The van der Waals surface area contributed by atoms with Crippen LogP contribution in [0.4, 0.5) is 5.13 Å². The fourth-order valence-electron chi connectivity index (χ4n) is 1.71. The molecule has 0 aliphatic rings. The van der Waals surface area contributed by atoms with Crippen LogP contribution in [-0.2, 0) is 4.79 Å². The molecule has 0 radical (unpaired) electrons. The third-order valence-corrected chi connectivity index (χ3v) is 5.10. The molecule has 0 bridgehead atoms. The van der Waals surface area contributed by atoms with Crippen LogP contribution >= 0.6 is 34.7 Å². The zero-order valence-electron chi connectivity index (χ0n) is 13.7. The predicted octanol–water partition coefficient (Wildman–Crippen LogP) is 2.35. The summed E-state index contributed by atoms with van der Waals surface area (Å²) in [7, 11) is 1.44. The molecule has 0 fully saturated rings. The average Bonchev–Trinajstić information content (AvgIpc) is 3.10. The molecule has 1 aromatic heterocycles. The number of carbonyl (C=O) groups excluding carboxylic acids is 2. The number of hydrazine groups is 1. The summed E-state index contributed by atoms with van der Waals surface area (Å²) in [6.45, 7) is 4.18. The molecule has 1 heterocycles. The Labute approximate surface area is 163 Å². The van der Waals surface area contributed by atoms with E-state index in [1.807, 2.05) is 0 Å². The summed E-state index contributed by atoms with van der Waals surface area (Å²) in [5, 5.41) is 11.9. The second kappa shape index (κ2) is 10.00. The topological polar surface area (TPSA) is 105 Å². The Morgan fingerprint density at radius 3 is 2.92 bits per heavy atom. The van der Waals surface area contributed by atoms with Gasteiger partial charge < -0.3 is 10.1 Å². The van der Waals surface area contributed by atoms with E-state index in [0.29, 0.717) is 26.8 Å².